The monoisotopic (exact) mass is 1940 g/mol. The van der Waals surface area contributed by atoms with Gasteiger partial charge in [-0.15, -0.1) is 0 Å². The summed E-state index contributed by atoms with van der Waals surface area (Å²) in [6.45, 7) is 4.24. The lowest BCUT2D eigenvalue weighted by Gasteiger charge is -2.39. The van der Waals surface area contributed by atoms with Crippen LogP contribution in [-0.2, 0) is 126 Å². The van der Waals surface area contributed by atoms with Crippen LogP contribution in [0.3, 0.4) is 0 Å². The Bertz CT molecular complexity index is 5350. The van der Waals surface area contributed by atoms with E-state index in [0.717, 1.165) is 31.5 Å². The molecule has 0 spiro atoms. The topological polar surface area (TPSA) is 713 Å². The number of fused-ring (bicyclic) bond motifs is 4. The number of primary amides is 4. The van der Waals surface area contributed by atoms with E-state index in [9.17, 15) is 87.5 Å². The highest BCUT2D eigenvalue weighted by Gasteiger charge is 2.53. The first-order valence-electron chi connectivity index (χ1n) is 46.0. The van der Waals surface area contributed by atoms with Crippen molar-refractivity contribution in [3.8, 4) is 5.75 Å². The number of carbonyl (C=O) groups excluding carboxylic acids is 19. The maximum atomic E-state index is 16.0. The number of aliphatic carboxylic acids is 2. The van der Waals surface area contributed by atoms with Gasteiger partial charge in [-0.2, -0.15) is 0 Å². The van der Waals surface area contributed by atoms with E-state index >= 15 is 33.6 Å². The van der Waals surface area contributed by atoms with Crippen molar-refractivity contribution in [2.24, 2.45) is 28.9 Å². The van der Waals surface area contributed by atoms with Crippen LogP contribution in [0.1, 0.15) is 154 Å². The number of carboxylic acid groups (broad SMARTS) is 2. The van der Waals surface area contributed by atoms with Gasteiger partial charge in [-0.05, 0) is 105 Å². The van der Waals surface area contributed by atoms with Gasteiger partial charge in [0.25, 0.3) is 0 Å². The Labute approximate surface area is 800 Å². The fourth-order valence-electron chi connectivity index (χ4n) is 17.2. The number of likely N-dealkylation sites (N-methyl/N-ethyl adjacent to an activating group) is 3. The number of carbonyl (C=O) groups is 21. The maximum absolute atomic E-state index is 16.0. The highest BCUT2D eigenvalue weighted by molar-refractivity contribution is 6.03. The molecule has 18 amide bonds. The number of H-pyrrole nitrogens is 1. The number of hydrogen-bond acceptors (Lipinski definition) is 25. The lowest BCUT2D eigenvalue weighted by molar-refractivity contribution is -0.149. The van der Waals surface area contributed by atoms with Crippen LogP contribution in [0.15, 0.2) is 85.2 Å². The number of nitrogens with two attached hydrogens (primary N) is 4. The molecule has 3 aliphatic heterocycles. The number of phenols is 1. The van der Waals surface area contributed by atoms with Crippen LogP contribution in [-0.4, -0.2) is 323 Å². The first-order valence-corrected chi connectivity index (χ1v) is 46.0. The van der Waals surface area contributed by atoms with E-state index in [4.69, 9.17) is 22.9 Å². The molecule has 8 rings (SSSR count). The summed E-state index contributed by atoms with van der Waals surface area (Å²) >= 11 is 0. The number of aromatic amines is 1. The predicted octanol–water partition coefficient (Wildman–Crippen LogP) is -4.73. The number of nitrogens with zero attached hydrogens (tertiary/aromatic N) is 6. The molecule has 0 radical (unpaired) electrons. The highest BCUT2D eigenvalue weighted by Crippen LogP contribution is 2.32. The number of amides is 18. The summed E-state index contributed by atoms with van der Waals surface area (Å²) < 4.78 is 1.36. The fourth-order valence-corrected chi connectivity index (χ4v) is 17.2. The SMILES string of the molecule is CCCC[C@H]1C(=O)N(C)[C@@H](CCCC)C(=O)N[C@@H](CCC(=O)O)C(=O)N[C@H](C(=O)NCC(N)=O)CNCC(=O)N[C@@H](Cc2ccc(O)cc2)C(=O)N(C)[C@@H](C)C(=O)N[C@@H](CC(N)=O)C(=O)N2CCC[C@H]2C(=O)N[C@@H](CCC(N)=O)C(=O)N[C@@H](CC(C)C)C(=O)N2C[C@H](O)CC2(C=O)N[C@@H](Cc2c[nH]c3ccccc23)C(=O)N[C@@H](CC(N)=O)C(=O)N[C@@H](Cc2cn(CC(=O)O)c3ccccc23)C(=O)N1C. The molecule has 3 fully saturated rings. The molecule has 3 saturated heterocycles. The van der Waals surface area contributed by atoms with Crippen LogP contribution in [0, 0.1) is 5.92 Å². The average molecular weight is 1940 g/mol. The number of phenolic OH excluding ortho intramolecular Hbond substituents is 1. The number of benzene rings is 3. The standard InChI is InChI=1S/C92H128N22O25/c1-9-11-21-69-85(133)101-60(30-32-77(123)124)82(130)107-67(80(128)99-43-75(96)121)42-97-44-76(122)100-64(35-51-25-27-54(116)28-26-51)87(135)109(6)50(5)79(127)104-66(39-74(95)120)89(137)113-33-17-24-70(113)86(134)102-59(29-31-72(93)118)81(129)105-63(34-49(3)4)90(138)114-46-55(117)40-92(114,48-115)108-62(36-52-41-98-58-20-15-13-18-56(52)58)84(132)103-61(38-73(94)119)83(131)106-65(88(136)111(8)71(22-12-10-2)91(139)110(69)7)37-53-45-112(47-78(125)126)68-23-16-14-19-57(53)68/h13-16,18-20,23,25-28,41,45,48-50,55,59-67,69-71,97-98,108,116-117H,9-12,17,21-22,24,29-40,42-44,46-47H2,1-8H3,(H2,93,118)(H2,94,119)(H2,95,120)(H2,96,121)(H,99,128)(H,100,122)(H,101,133)(H,102,134)(H,103,132)(H,104,127)(H,105,129)(H,106,131)(H,107,130)(H,123,124)(H,125,126)/t50-,55+,59-,60-,61-,62-,63-,64-,65-,66-,67-,69-,70-,71-,92?/m0/s1. The van der Waals surface area contributed by atoms with Gasteiger partial charge in [0, 0.05) is 107 Å². The molecule has 1 unspecified atom stereocenters. The van der Waals surface area contributed by atoms with Gasteiger partial charge in [0.05, 0.1) is 38.1 Å². The summed E-state index contributed by atoms with van der Waals surface area (Å²) in [5, 5.41) is 71.3. The number of hydrogen-bond donors (Lipinski definition) is 20. The van der Waals surface area contributed by atoms with Gasteiger partial charge >= 0.3 is 11.9 Å². The van der Waals surface area contributed by atoms with Crippen molar-refractivity contribution < 1.29 is 121 Å². The van der Waals surface area contributed by atoms with Gasteiger partial charge < -0.3 is 131 Å². The number of para-hydroxylation sites is 2. The van der Waals surface area contributed by atoms with Crippen molar-refractivity contribution in [1.29, 1.82) is 0 Å². The van der Waals surface area contributed by atoms with Gasteiger partial charge in [-0.1, -0.05) is 102 Å². The minimum atomic E-state index is -2.44. The fraction of sp³-hybridized carbons (Fsp3) is 0.533. The minimum absolute atomic E-state index is 0.0983. The van der Waals surface area contributed by atoms with Crippen LogP contribution in [0.5, 0.6) is 5.75 Å². The van der Waals surface area contributed by atoms with E-state index in [2.05, 4.69) is 63.5 Å². The van der Waals surface area contributed by atoms with E-state index in [0.29, 0.717) is 45.8 Å². The highest BCUT2D eigenvalue weighted by atomic mass is 16.4. The average Bonchev–Trinajstić information content (AvgIpc) is 1.62. The Morgan fingerprint density at radius 3 is 1.73 bits per heavy atom. The molecular formula is C92H128N22O25. The van der Waals surface area contributed by atoms with Gasteiger partial charge in [-0.25, -0.2) is 0 Å². The number of carboxylic acids is 2. The van der Waals surface area contributed by atoms with Crippen molar-refractivity contribution >= 4 is 146 Å². The zero-order valence-electron chi connectivity index (χ0n) is 78.9. The number of nitrogens with one attached hydrogen (secondary N) is 12. The third-order valence-corrected chi connectivity index (χ3v) is 24.6. The van der Waals surface area contributed by atoms with Gasteiger partial charge in [0.1, 0.15) is 84.8 Å². The predicted molar refractivity (Wildman–Crippen MR) is 497 cm³/mol. The summed E-state index contributed by atoms with van der Waals surface area (Å²) in [6.07, 6.45) is -4.32. The number of aliphatic hydroxyl groups is 1. The van der Waals surface area contributed by atoms with E-state index in [1.807, 2.05) is 0 Å². The molecule has 3 aromatic carbocycles. The number of rotatable bonds is 30. The Kier molecular flexibility index (Phi) is 40.3. The lowest BCUT2D eigenvalue weighted by Crippen LogP contribution is -2.67. The second kappa shape index (κ2) is 51.1. The second-order valence-corrected chi connectivity index (χ2v) is 35.7. The largest absolute Gasteiger partial charge is 0.508 e. The van der Waals surface area contributed by atoms with E-state index in [1.165, 1.54) is 62.2 Å². The van der Waals surface area contributed by atoms with Crippen molar-refractivity contribution in [3.05, 3.63) is 102 Å². The molecule has 756 valence electrons. The molecule has 24 N–H and O–H groups in total. The summed E-state index contributed by atoms with van der Waals surface area (Å²) in [7, 11) is 3.60. The number of aliphatic hydroxyl groups excluding tert-OH is 1. The Balaban J connectivity index is 1.26. The molecule has 3 aliphatic rings. The molecule has 0 aliphatic carbocycles. The molecule has 15 atom stereocenters. The Hall–Kier alpha value is -14.5. The zero-order valence-corrected chi connectivity index (χ0v) is 78.9. The van der Waals surface area contributed by atoms with Gasteiger partial charge in [0.15, 0.2) is 11.9 Å². The van der Waals surface area contributed by atoms with Crippen LogP contribution in [0.4, 0.5) is 0 Å². The van der Waals surface area contributed by atoms with Crippen LogP contribution in [0.25, 0.3) is 21.8 Å². The van der Waals surface area contributed by atoms with Crippen LogP contribution >= 0.6 is 0 Å². The molecule has 47 heteroatoms. The van der Waals surface area contributed by atoms with E-state index in [-0.39, 0.29) is 75.5 Å². The van der Waals surface area contributed by atoms with Gasteiger partial charge in [0.2, 0.25) is 106 Å². The van der Waals surface area contributed by atoms with E-state index < -0.39 is 305 Å². The summed E-state index contributed by atoms with van der Waals surface area (Å²) in [6, 6.07) is -4.03. The Morgan fingerprint density at radius 2 is 1.11 bits per heavy atom. The van der Waals surface area contributed by atoms with Gasteiger partial charge in [-0.3, -0.25) is 106 Å². The number of unbranched alkanes of at least 4 members (excludes halogenated alkanes) is 2. The maximum Gasteiger partial charge on any atom is 0.323 e. The first kappa shape index (κ1) is 110. The van der Waals surface area contributed by atoms with Crippen molar-refractivity contribution in [2.45, 2.75) is 253 Å². The van der Waals surface area contributed by atoms with E-state index in [1.54, 1.807) is 76.2 Å². The summed E-state index contributed by atoms with van der Waals surface area (Å²) in [5.41, 5.74) is 22.0. The first-order chi connectivity index (χ1) is 65.8. The lowest BCUT2D eigenvalue weighted by atomic mass is 9.98. The quantitative estimate of drug-likeness (QED) is 0.0192. The third kappa shape index (κ3) is 30.5. The smallest absolute Gasteiger partial charge is 0.323 e. The van der Waals surface area contributed by atoms with Crippen LogP contribution < -0.4 is 81.4 Å². The minimum Gasteiger partial charge on any atom is -0.508 e. The molecule has 0 saturated carbocycles. The van der Waals surface area contributed by atoms with Crippen molar-refractivity contribution in [1.82, 2.24) is 92.5 Å². The molecule has 139 heavy (non-hydrogen) atoms. The molecule has 47 nitrogen and oxygen atoms in total. The number of aromatic hydroxyl groups is 1. The van der Waals surface area contributed by atoms with Crippen molar-refractivity contribution in [3.63, 3.8) is 0 Å². The molecule has 0 bridgehead atoms. The normalized spacial score (nSPS) is 24.8. The second-order valence-electron chi connectivity index (χ2n) is 35.7. The molecular weight excluding hydrogens is 1810 g/mol. The Morgan fingerprint density at radius 1 is 0.554 bits per heavy atom. The molecule has 5 aromatic rings. The molecule has 5 heterocycles. The molecule has 2 aromatic heterocycles. The zero-order chi connectivity index (χ0) is 103. The van der Waals surface area contributed by atoms with Crippen molar-refractivity contribution in [2.75, 3.05) is 53.9 Å². The number of aldehydes is 1. The van der Waals surface area contributed by atoms with Crippen LogP contribution in [0.2, 0.25) is 0 Å². The third-order valence-electron chi connectivity index (χ3n) is 24.6. The number of aromatic nitrogens is 2. The summed E-state index contributed by atoms with van der Waals surface area (Å²) in [5.74, 6) is -23.0. The summed E-state index contributed by atoms with van der Waals surface area (Å²) in [4.78, 5) is 309.